The number of carbonyl (C=O) groups is 2. The lowest BCUT2D eigenvalue weighted by Gasteiger charge is -2.14. The Morgan fingerprint density at radius 1 is 1.37 bits per heavy atom. The van der Waals surface area contributed by atoms with Crippen molar-refractivity contribution < 1.29 is 9.59 Å². The van der Waals surface area contributed by atoms with Gasteiger partial charge in [-0.1, -0.05) is 28.9 Å². The highest BCUT2D eigenvalue weighted by Crippen LogP contribution is 2.17. The first-order valence-electron chi connectivity index (χ1n) is 6.30. The van der Waals surface area contributed by atoms with E-state index >= 15 is 0 Å². The van der Waals surface area contributed by atoms with E-state index in [1.807, 2.05) is 19.9 Å². The number of hydrogen-bond donors (Lipinski definition) is 2. The zero-order valence-corrected chi connectivity index (χ0v) is 13.0. The molecule has 1 aromatic carbocycles. The summed E-state index contributed by atoms with van der Waals surface area (Å²) in [5, 5.41) is 5.43. The summed E-state index contributed by atoms with van der Waals surface area (Å²) in [5.74, 6) is -0.416. The minimum Gasteiger partial charge on any atom is -0.354 e. The van der Waals surface area contributed by atoms with Crippen LogP contribution in [0.4, 0.5) is 0 Å². The summed E-state index contributed by atoms with van der Waals surface area (Å²) in [6.07, 6.45) is 0.872. The molecule has 2 N–H and O–H groups in total. The molecular formula is C14H19BrN2O2. The summed E-state index contributed by atoms with van der Waals surface area (Å²) in [6.45, 7) is 6.22. The molecule has 104 valence electrons. The highest BCUT2D eigenvalue weighted by Gasteiger charge is 2.16. The van der Waals surface area contributed by atoms with Gasteiger partial charge in [0.05, 0.1) is 0 Å². The maximum Gasteiger partial charge on any atom is 0.251 e. The third-order valence-electron chi connectivity index (χ3n) is 2.72. The van der Waals surface area contributed by atoms with Crippen LogP contribution in [0, 0.1) is 6.92 Å². The number of carbonyl (C=O) groups excluding carboxylic acids is 2. The van der Waals surface area contributed by atoms with E-state index in [1.165, 1.54) is 0 Å². The fourth-order valence-corrected chi connectivity index (χ4v) is 1.86. The normalized spacial score (nSPS) is 11.8. The van der Waals surface area contributed by atoms with E-state index in [9.17, 15) is 9.59 Å². The third kappa shape index (κ3) is 4.67. The monoisotopic (exact) mass is 326 g/mol. The Bertz CT molecular complexity index is 475. The van der Waals surface area contributed by atoms with Crippen molar-refractivity contribution in [1.29, 1.82) is 0 Å². The van der Waals surface area contributed by atoms with Crippen LogP contribution in [0.5, 0.6) is 0 Å². The highest BCUT2D eigenvalue weighted by molar-refractivity contribution is 9.10. The second-order valence-corrected chi connectivity index (χ2v) is 5.30. The van der Waals surface area contributed by atoms with Gasteiger partial charge in [0.1, 0.15) is 6.04 Å². The van der Waals surface area contributed by atoms with E-state index in [0.717, 1.165) is 16.5 Å². The molecule has 0 bridgehead atoms. The number of rotatable bonds is 5. The molecule has 1 atom stereocenters. The summed E-state index contributed by atoms with van der Waals surface area (Å²) >= 11 is 3.38. The first kappa shape index (κ1) is 15.7. The van der Waals surface area contributed by atoms with Crippen molar-refractivity contribution >= 4 is 27.7 Å². The van der Waals surface area contributed by atoms with Gasteiger partial charge in [-0.15, -0.1) is 0 Å². The topological polar surface area (TPSA) is 58.2 Å². The van der Waals surface area contributed by atoms with Gasteiger partial charge in [0.2, 0.25) is 5.91 Å². The van der Waals surface area contributed by atoms with Crippen LogP contribution in [0.1, 0.15) is 36.2 Å². The molecule has 1 unspecified atom stereocenters. The Morgan fingerprint density at radius 2 is 2.05 bits per heavy atom. The molecule has 5 heteroatoms. The van der Waals surface area contributed by atoms with Gasteiger partial charge in [0.25, 0.3) is 5.91 Å². The first-order chi connectivity index (χ1) is 8.95. The fraction of sp³-hybridized carbons (Fsp3) is 0.429. The number of amides is 2. The molecule has 4 nitrogen and oxygen atoms in total. The zero-order chi connectivity index (χ0) is 14.4. The highest BCUT2D eigenvalue weighted by atomic mass is 79.9. The quantitative estimate of drug-likeness (QED) is 0.872. The molecule has 19 heavy (non-hydrogen) atoms. The molecule has 0 aliphatic carbocycles. The number of benzene rings is 1. The Kier molecular flexibility index (Phi) is 6.02. The molecule has 0 aliphatic rings. The number of nitrogens with one attached hydrogen (secondary N) is 2. The van der Waals surface area contributed by atoms with Crippen molar-refractivity contribution in [1.82, 2.24) is 10.6 Å². The molecule has 0 aliphatic heterocycles. The minimum absolute atomic E-state index is 0.165. The smallest absolute Gasteiger partial charge is 0.251 e. The fourth-order valence-electron chi connectivity index (χ4n) is 1.48. The minimum atomic E-state index is -0.542. The van der Waals surface area contributed by atoms with Crippen LogP contribution in [0.25, 0.3) is 0 Å². The van der Waals surface area contributed by atoms with Crippen molar-refractivity contribution in [3.05, 3.63) is 33.8 Å². The molecule has 0 radical (unpaired) electrons. The van der Waals surface area contributed by atoms with E-state index < -0.39 is 6.04 Å². The van der Waals surface area contributed by atoms with Crippen molar-refractivity contribution in [3.63, 3.8) is 0 Å². The second-order valence-electron chi connectivity index (χ2n) is 4.45. The predicted molar refractivity (Wildman–Crippen MR) is 79.1 cm³/mol. The van der Waals surface area contributed by atoms with E-state index in [-0.39, 0.29) is 11.8 Å². The molecule has 1 aromatic rings. The standard InChI is InChI=1S/C14H19BrN2O2/c1-4-7-16-13(18)10(3)17-14(19)11-6-5-9(2)12(15)8-11/h5-6,8,10H,4,7H2,1-3H3,(H,16,18)(H,17,19). The van der Waals surface area contributed by atoms with E-state index in [4.69, 9.17) is 0 Å². The third-order valence-corrected chi connectivity index (χ3v) is 3.58. The molecule has 0 saturated heterocycles. The van der Waals surface area contributed by atoms with E-state index in [0.29, 0.717) is 12.1 Å². The van der Waals surface area contributed by atoms with Crippen molar-refractivity contribution in [3.8, 4) is 0 Å². The Balaban J connectivity index is 2.63. The summed E-state index contributed by atoms with van der Waals surface area (Å²) in [6, 6.07) is 4.81. The van der Waals surface area contributed by atoms with Crippen LogP contribution in [0.15, 0.2) is 22.7 Å². The van der Waals surface area contributed by atoms with Gasteiger partial charge in [-0.25, -0.2) is 0 Å². The van der Waals surface area contributed by atoms with Crippen LogP contribution in [-0.2, 0) is 4.79 Å². The van der Waals surface area contributed by atoms with Crippen molar-refractivity contribution in [2.24, 2.45) is 0 Å². The molecule has 0 spiro atoms. The van der Waals surface area contributed by atoms with Gasteiger partial charge < -0.3 is 10.6 Å². The largest absolute Gasteiger partial charge is 0.354 e. The predicted octanol–water partition coefficient (Wildman–Crippen LogP) is 2.40. The Labute approximate surface area is 122 Å². The second kappa shape index (κ2) is 7.28. The van der Waals surface area contributed by atoms with Gasteiger partial charge >= 0.3 is 0 Å². The van der Waals surface area contributed by atoms with Gasteiger partial charge in [-0.2, -0.15) is 0 Å². The molecule has 0 aromatic heterocycles. The van der Waals surface area contributed by atoms with Gasteiger partial charge in [0.15, 0.2) is 0 Å². The summed E-state index contributed by atoms with van der Waals surface area (Å²) in [5.41, 5.74) is 1.60. The molecule has 0 heterocycles. The average Bonchev–Trinajstić information content (AvgIpc) is 2.38. The summed E-state index contributed by atoms with van der Waals surface area (Å²) < 4.78 is 0.878. The van der Waals surface area contributed by atoms with Gasteiger partial charge in [-0.05, 0) is 38.0 Å². The first-order valence-corrected chi connectivity index (χ1v) is 7.09. The lowest BCUT2D eigenvalue weighted by atomic mass is 10.1. The number of halogens is 1. The number of aryl methyl sites for hydroxylation is 1. The SMILES string of the molecule is CCCNC(=O)C(C)NC(=O)c1ccc(C)c(Br)c1. The maximum absolute atomic E-state index is 12.0. The molecule has 1 rings (SSSR count). The summed E-state index contributed by atoms with van der Waals surface area (Å²) in [4.78, 5) is 23.6. The van der Waals surface area contributed by atoms with Crippen LogP contribution >= 0.6 is 15.9 Å². The number of hydrogen-bond acceptors (Lipinski definition) is 2. The Morgan fingerprint density at radius 3 is 2.63 bits per heavy atom. The lowest BCUT2D eigenvalue weighted by Crippen LogP contribution is -2.45. The van der Waals surface area contributed by atoms with E-state index in [1.54, 1.807) is 19.1 Å². The van der Waals surface area contributed by atoms with E-state index in [2.05, 4.69) is 26.6 Å². The van der Waals surface area contributed by atoms with Crippen LogP contribution in [0.2, 0.25) is 0 Å². The van der Waals surface area contributed by atoms with Crippen LogP contribution in [-0.4, -0.2) is 24.4 Å². The van der Waals surface area contributed by atoms with Gasteiger partial charge in [-0.3, -0.25) is 9.59 Å². The van der Waals surface area contributed by atoms with Crippen LogP contribution in [0.3, 0.4) is 0 Å². The molecule has 0 fully saturated rings. The van der Waals surface area contributed by atoms with Crippen molar-refractivity contribution in [2.45, 2.75) is 33.2 Å². The summed E-state index contributed by atoms with van der Waals surface area (Å²) in [7, 11) is 0. The zero-order valence-electron chi connectivity index (χ0n) is 11.4. The van der Waals surface area contributed by atoms with Crippen molar-refractivity contribution in [2.75, 3.05) is 6.54 Å². The van der Waals surface area contributed by atoms with Crippen LogP contribution < -0.4 is 10.6 Å². The molecular weight excluding hydrogens is 308 g/mol. The molecule has 2 amide bonds. The lowest BCUT2D eigenvalue weighted by molar-refractivity contribution is -0.122. The maximum atomic E-state index is 12.0. The van der Waals surface area contributed by atoms with Gasteiger partial charge in [0, 0.05) is 16.6 Å². The average molecular weight is 327 g/mol. The Hall–Kier alpha value is -1.36. The molecule has 0 saturated carbocycles.